The number of nitrogens with one attached hydrogen (secondary N) is 1. The molecule has 2 aliphatic rings. The fraction of sp³-hybridized carbons (Fsp3) is 0.355. The van der Waals surface area contributed by atoms with E-state index in [2.05, 4.69) is 29.6 Å². The summed E-state index contributed by atoms with van der Waals surface area (Å²) in [4.78, 5) is 28.0. The normalized spacial score (nSPS) is 20.4. The molecule has 1 saturated heterocycles. The number of rotatable bonds is 8. The van der Waals surface area contributed by atoms with Gasteiger partial charge in [0.15, 0.2) is 0 Å². The zero-order valence-electron chi connectivity index (χ0n) is 20.6. The molecule has 3 aromatic rings. The van der Waals surface area contributed by atoms with Crippen LogP contribution in [0.5, 0.6) is 0 Å². The van der Waals surface area contributed by atoms with Crippen LogP contribution in [0.1, 0.15) is 48.3 Å². The highest BCUT2D eigenvalue weighted by molar-refractivity contribution is 5.83. The molecule has 36 heavy (non-hydrogen) atoms. The van der Waals surface area contributed by atoms with Crippen LogP contribution in [0.2, 0.25) is 0 Å². The number of benzene rings is 3. The molecule has 1 aliphatic heterocycles. The molecule has 2 amide bonds. The van der Waals surface area contributed by atoms with Crippen molar-refractivity contribution >= 4 is 12.0 Å². The highest BCUT2D eigenvalue weighted by Crippen LogP contribution is 2.49. The number of hydrogen-bond acceptors (Lipinski definition) is 3. The van der Waals surface area contributed by atoms with Gasteiger partial charge in [-0.3, -0.25) is 4.79 Å². The number of carbonyl (C=O) groups is 2. The van der Waals surface area contributed by atoms with Crippen LogP contribution < -0.4 is 5.32 Å². The number of hydrogen-bond donors (Lipinski definition) is 1. The Bertz CT molecular complexity index is 1140. The van der Waals surface area contributed by atoms with Gasteiger partial charge in [-0.25, -0.2) is 4.79 Å². The number of carbonyl (C=O) groups excluding carboxylic acids is 2. The maximum atomic E-state index is 13.2. The topological polar surface area (TPSA) is 58.6 Å². The van der Waals surface area contributed by atoms with Crippen LogP contribution in [0.15, 0.2) is 91.0 Å². The van der Waals surface area contributed by atoms with Crippen molar-refractivity contribution in [3.05, 3.63) is 108 Å². The molecule has 2 atom stereocenters. The van der Waals surface area contributed by atoms with Gasteiger partial charge in [-0.05, 0) is 41.9 Å². The van der Waals surface area contributed by atoms with Gasteiger partial charge in [0.05, 0.1) is 0 Å². The lowest BCUT2D eigenvalue weighted by molar-refractivity contribution is -0.137. The molecule has 2 fully saturated rings. The van der Waals surface area contributed by atoms with Crippen LogP contribution in [0.25, 0.3) is 0 Å². The van der Waals surface area contributed by atoms with Crippen LogP contribution in [0, 0.1) is 5.92 Å². The Morgan fingerprint density at radius 3 is 2.14 bits per heavy atom. The quantitative estimate of drug-likeness (QED) is 0.421. The average Bonchev–Trinajstić information content (AvgIpc) is 3.74. The van der Waals surface area contributed by atoms with Gasteiger partial charge in [0.1, 0.15) is 5.60 Å². The molecular formula is C31H34N2O3. The van der Waals surface area contributed by atoms with Crippen molar-refractivity contribution in [3.63, 3.8) is 0 Å². The summed E-state index contributed by atoms with van der Waals surface area (Å²) >= 11 is 0. The van der Waals surface area contributed by atoms with Crippen molar-refractivity contribution in [1.82, 2.24) is 10.2 Å². The van der Waals surface area contributed by atoms with Crippen molar-refractivity contribution in [2.24, 2.45) is 5.92 Å². The molecule has 186 valence electrons. The van der Waals surface area contributed by atoms with Crippen molar-refractivity contribution < 1.29 is 14.3 Å². The van der Waals surface area contributed by atoms with Gasteiger partial charge >= 0.3 is 6.09 Å². The van der Waals surface area contributed by atoms with E-state index in [0.29, 0.717) is 38.4 Å². The minimum absolute atomic E-state index is 0.0745. The second-order valence-corrected chi connectivity index (χ2v) is 9.95. The first-order valence-electron chi connectivity index (χ1n) is 13.0. The number of alkyl carbamates (subject to hydrolysis) is 1. The van der Waals surface area contributed by atoms with E-state index in [1.807, 2.05) is 71.6 Å². The Hall–Kier alpha value is -3.60. The molecule has 5 heteroatoms. The van der Waals surface area contributed by atoms with E-state index in [4.69, 9.17) is 4.74 Å². The number of piperidine rings is 1. The van der Waals surface area contributed by atoms with Gasteiger partial charge in [-0.1, -0.05) is 91.0 Å². The van der Waals surface area contributed by atoms with E-state index < -0.39 is 11.7 Å². The highest BCUT2D eigenvalue weighted by Gasteiger charge is 2.48. The largest absolute Gasteiger partial charge is 0.438 e. The van der Waals surface area contributed by atoms with Crippen LogP contribution in [0.4, 0.5) is 4.79 Å². The predicted molar refractivity (Wildman–Crippen MR) is 140 cm³/mol. The van der Waals surface area contributed by atoms with E-state index in [1.54, 1.807) is 0 Å². The van der Waals surface area contributed by atoms with Crippen molar-refractivity contribution in [2.45, 2.75) is 43.6 Å². The third-order valence-electron chi connectivity index (χ3n) is 7.56. The average molecular weight is 483 g/mol. The standard InChI is InChI=1S/C31H34N2O3/c34-29(28-23-27(28)25-14-6-2-7-15-25)33-21-18-31(19-22-33,26-16-8-3-9-17-26)36-30(35)32-20-10-13-24-11-4-1-5-12-24/h1-9,11-12,14-17,27-28H,10,13,18-23H2,(H,32,35). The van der Waals surface area contributed by atoms with Crippen LogP contribution in [-0.2, 0) is 21.6 Å². The number of ether oxygens (including phenoxy) is 1. The lowest BCUT2D eigenvalue weighted by Crippen LogP contribution is -2.49. The smallest absolute Gasteiger partial charge is 0.408 e. The van der Waals surface area contributed by atoms with E-state index in [1.165, 1.54) is 11.1 Å². The van der Waals surface area contributed by atoms with Gasteiger partial charge in [0.2, 0.25) is 5.91 Å². The highest BCUT2D eigenvalue weighted by atomic mass is 16.6. The third kappa shape index (κ3) is 5.62. The zero-order valence-corrected chi connectivity index (χ0v) is 20.6. The Balaban J connectivity index is 1.17. The van der Waals surface area contributed by atoms with Crippen molar-refractivity contribution in [2.75, 3.05) is 19.6 Å². The van der Waals surface area contributed by atoms with E-state index in [0.717, 1.165) is 24.8 Å². The number of aryl methyl sites for hydroxylation is 1. The molecule has 0 aromatic heterocycles. The zero-order chi connectivity index (χ0) is 24.8. The summed E-state index contributed by atoms with van der Waals surface area (Å²) in [6.45, 7) is 1.74. The maximum Gasteiger partial charge on any atom is 0.408 e. The minimum Gasteiger partial charge on any atom is -0.438 e. The van der Waals surface area contributed by atoms with Crippen molar-refractivity contribution in [1.29, 1.82) is 0 Å². The Labute approximate surface area is 213 Å². The summed E-state index contributed by atoms with van der Waals surface area (Å²) in [6.07, 6.45) is 3.49. The summed E-state index contributed by atoms with van der Waals surface area (Å²) in [5.74, 6) is 0.638. The number of likely N-dealkylation sites (tertiary alicyclic amines) is 1. The summed E-state index contributed by atoms with van der Waals surface area (Å²) in [7, 11) is 0. The summed E-state index contributed by atoms with van der Waals surface area (Å²) in [5, 5.41) is 2.94. The first kappa shape index (κ1) is 24.1. The monoisotopic (exact) mass is 482 g/mol. The fourth-order valence-corrected chi connectivity index (χ4v) is 5.39. The second-order valence-electron chi connectivity index (χ2n) is 9.95. The second kappa shape index (κ2) is 11.0. The van der Waals surface area contributed by atoms with Crippen LogP contribution >= 0.6 is 0 Å². The molecule has 1 N–H and O–H groups in total. The first-order valence-corrected chi connectivity index (χ1v) is 13.0. The predicted octanol–water partition coefficient (Wildman–Crippen LogP) is 5.67. The van der Waals surface area contributed by atoms with E-state index in [-0.39, 0.29) is 11.8 Å². The fourth-order valence-electron chi connectivity index (χ4n) is 5.39. The van der Waals surface area contributed by atoms with Crippen LogP contribution in [-0.4, -0.2) is 36.5 Å². The van der Waals surface area contributed by atoms with Gasteiger partial charge in [0, 0.05) is 38.4 Å². The molecule has 3 aromatic carbocycles. The molecule has 5 nitrogen and oxygen atoms in total. The Kier molecular flexibility index (Phi) is 7.36. The molecule has 5 rings (SSSR count). The number of nitrogens with zero attached hydrogens (tertiary/aromatic N) is 1. The van der Waals surface area contributed by atoms with Gasteiger partial charge < -0.3 is 15.0 Å². The summed E-state index contributed by atoms with van der Waals surface area (Å²) in [6, 6.07) is 30.5. The lowest BCUT2D eigenvalue weighted by atomic mass is 9.84. The molecular weight excluding hydrogens is 448 g/mol. The third-order valence-corrected chi connectivity index (χ3v) is 7.56. The molecule has 1 aliphatic carbocycles. The summed E-state index contributed by atoms with van der Waals surface area (Å²) in [5.41, 5.74) is 2.78. The van der Waals surface area contributed by atoms with Crippen molar-refractivity contribution in [3.8, 4) is 0 Å². The maximum absolute atomic E-state index is 13.2. The lowest BCUT2D eigenvalue weighted by Gasteiger charge is -2.41. The Morgan fingerprint density at radius 2 is 1.47 bits per heavy atom. The number of amides is 2. The molecule has 1 saturated carbocycles. The summed E-state index contributed by atoms with van der Waals surface area (Å²) < 4.78 is 6.12. The van der Waals surface area contributed by atoms with Gasteiger partial charge in [0.25, 0.3) is 0 Å². The molecule has 0 bridgehead atoms. The van der Waals surface area contributed by atoms with Gasteiger partial charge in [-0.15, -0.1) is 0 Å². The molecule has 0 radical (unpaired) electrons. The minimum atomic E-state index is -0.718. The van der Waals surface area contributed by atoms with E-state index in [9.17, 15) is 9.59 Å². The molecule has 0 spiro atoms. The van der Waals surface area contributed by atoms with Gasteiger partial charge in [-0.2, -0.15) is 0 Å². The molecule has 1 heterocycles. The Morgan fingerprint density at radius 1 is 0.861 bits per heavy atom. The SMILES string of the molecule is O=C(NCCCc1ccccc1)OC1(c2ccccc2)CCN(C(=O)C2CC2c2ccccc2)CC1. The van der Waals surface area contributed by atoms with Crippen LogP contribution in [0.3, 0.4) is 0 Å². The molecule has 2 unspecified atom stereocenters. The first-order chi connectivity index (χ1) is 17.6. The van der Waals surface area contributed by atoms with E-state index >= 15 is 0 Å².